The molecule has 90 valence electrons. The van der Waals surface area contributed by atoms with E-state index in [2.05, 4.69) is 31.2 Å². The van der Waals surface area contributed by atoms with Gasteiger partial charge < -0.3 is 5.73 Å². The summed E-state index contributed by atoms with van der Waals surface area (Å²) < 4.78 is 0. The van der Waals surface area contributed by atoms with Gasteiger partial charge in [-0.1, -0.05) is 63.3 Å². The summed E-state index contributed by atoms with van der Waals surface area (Å²) >= 11 is 0. The van der Waals surface area contributed by atoms with Crippen LogP contribution in [0.3, 0.4) is 0 Å². The molecule has 0 unspecified atom stereocenters. The first-order valence-electron chi connectivity index (χ1n) is 6.64. The fraction of sp³-hybridized carbons (Fsp3) is 0.600. The molecular weight excluding hydrogens is 194 g/mol. The highest BCUT2D eigenvalue weighted by atomic mass is 14.5. The van der Waals surface area contributed by atoms with Crippen molar-refractivity contribution in [2.45, 2.75) is 58.4 Å². The number of rotatable bonds is 8. The van der Waals surface area contributed by atoms with Crippen molar-refractivity contribution in [1.82, 2.24) is 0 Å². The highest BCUT2D eigenvalue weighted by Crippen LogP contribution is 2.11. The van der Waals surface area contributed by atoms with Gasteiger partial charge in [0, 0.05) is 6.54 Å². The van der Waals surface area contributed by atoms with Crippen LogP contribution in [-0.4, -0.2) is 0 Å². The molecule has 1 heteroatoms. The largest absolute Gasteiger partial charge is 0.326 e. The van der Waals surface area contributed by atoms with E-state index in [-0.39, 0.29) is 0 Å². The maximum Gasteiger partial charge on any atom is 0.0178 e. The summed E-state index contributed by atoms with van der Waals surface area (Å²) in [6.07, 6.45) is 9.41. The second kappa shape index (κ2) is 8.35. The van der Waals surface area contributed by atoms with Crippen molar-refractivity contribution in [2.75, 3.05) is 0 Å². The summed E-state index contributed by atoms with van der Waals surface area (Å²) in [7, 11) is 0. The summed E-state index contributed by atoms with van der Waals surface area (Å²) in [6, 6.07) is 8.68. The average Bonchev–Trinajstić information content (AvgIpc) is 2.34. The standard InChI is InChI=1S/C15H25N/c1-2-3-4-5-6-7-9-14-10-8-11-15(12-14)13-16/h8,10-12H,2-7,9,13,16H2,1H3. The van der Waals surface area contributed by atoms with E-state index in [4.69, 9.17) is 5.73 Å². The number of benzene rings is 1. The predicted molar refractivity (Wildman–Crippen MR) is 71.4 cm³/mol. The van der Waals surface area contributed by atoms with Crippen LogP contribution in [0.15, 0.2) is 24.3 Å². The van der Waals surface area contributed by atoms with Crippen LogP contribution in [0.1, 0.15) is 56.6 Å². The number of aryl methyl sites for hydroxylation is 1. The molecule has 0 saturated heterocycles. The second-order valence-electron chi connectivity index (χ2n) is 4.54. The molecular formula is C15H25N. The van der Waals surface area contributed by atoms with E-state index in [0.29, 0.717) is 6.54 Å². The fourth-order valence-electron chi connectivity index (χ4n) is 2.02. The summed E-state index contributed by atoms with van der Waals surface area (Å²) in [5, 5.41) is 0. The molecule has 1 aromatic carbocycles. The van der Waals surface area contributed by atoms with Crippen molar-refractivity contribution in [2.24, 2.45) is 5.73 Å². The van der Waals surface area contributed by atoms with Crippen LogP contribution in [-0.2, 0) is 13.0 Å². The molecule has 0 aromatic heterocycles. The highest BCUT2D eigenvalue weighted by Gasteiger charge is 1.95. The molecule has 2 N–H and O–H groups in total. The van der Waals surface area contributed by atoms with Crippen molar-refractivity contribution in [3.63, 3.8) is 0 Å². The molecule has 0 saturated carbocycles. The van der Waals surface area contributed by atoms with Gasteiger partial charge in [-0.2, -0.15) is 0 Å². The van der Waals surface area contributed by atoms with Gasteiger partial charge in [-0.3, -0.25) is 0 Å². The first-order valence-corrected chi connectivity index (χ1v) is 6.64. The SMILES string of the molecule is CCCCCCCCc1cccc(CN)c1. The molecule has 0 aliphatic carbocycles. The lowest BCUT2D eigenvalue weighted by Crippen LogP contribution is -1.97. The first-order chi connectivity index (χ1) is 7.86. The number of hydrogen-bond donors (Lipinski definition) is 1. The zero-order valence-corrected chi connectivity index (χ0v) is 10.5. The van der Waals surface area contributed by atoms with Crippen molar-refractivity contribution >= 4 is 0 Å². The van der Waals surface area contributed by atoms with E-state index in [9.17, 15) is 0 Å². The smallest absolute Gasteiger partial charge is 0.0178 e. The Morgan fingerprint density at radius 3 is 2.38 bits per heavy atom. The van der Waals surface area contributed by atoms with Crippen LogP contribution in [0.4, 0.5) is 0 Å². The average molecular weight is 219 g/mol. The maximum absolute atomic E-state index is 5.63. The van der Waals surface area contributed by atoms with E-state index >= 15 is 0 Å². The lowest BCUT2D eigenvalue weighted by Gasteiger charge is -2.04. The molecule has 0 bridgehead atoms. The molecule has 0 amide bonds. The Bertz CT molecular complexity index is 281. The van der Waals surface area contributed by atoms with Crippen LogP contribution >= 0.6 is 0 Å². The molecule has 0 aliphatic heterocycles. The van der Waals surface area contributed by atoms with E-state index in [1.54, 1.807) is 0 Å². The third kappa shape index (κ3) is 5.32. The van der Waals surface area contributed by atoms with Gasteiger partial charge in [0.1, 0.15) is 0 Å². The Kier molecular flexibility index (Phi) is 6.91. The van der Waals surface area contributed by atoms with Gasteiger partial charge in [-0.25, -0.2) is 0 Å². The number of nitrogens with two attached hydrogens (primary N) is 1. The molecule has 0 heterocycles. The third-order valence-electron chi connectivity index (χ3n) is 3.05. The highest BCUT2D eigenvalue weighted by molar-refractivity contribution is 5.23. The van der Waals surface area contributed by atoms with E-state index in [1.165, 1.54) is 56.1 Å². The minimum absolute atomic E-state index is 0.657. The van der Waals surface area contributed by atoms with E-state index < -0.39 is 0 Å². The molecule has 1 rings (SSSR count). The zero-order chi connectivity index (χ0) is 11.6. The summed E-state index contributed by atoms with van der Waals surface area (Å²) in [5.74, 6) is 0. The molecule has 16 heavy (non-hydrogen) atoms. The monoisotopic (exact) mass is 219 g/mol. The van der Waals surface area contributed by atoms with Gasteiger partial charge in [-0.05, 0) is 24.0 Å². The quantitative estimate of drug-likeness (QED) is 0.656. The molecule has 0 spiro atoms. The maximum atomic E-state index is 5.63. The minimum Gasteiger partial charge on any atom is -0.326 e. The zero-order valence-electron chi connectivity index (χ0n) is 10.5. The van der Waals surface area contributed by atoms with Crippen LogP contribution in [0, 0.1) is 0 Å². The van der Waals surface area contributed by atoms with E-state index in [1.807, 2.05) is 0 Å². The molecule has 0 radical (unpaired) electrons. The van der Waals surface area contributed by atoms with E-state index in [0.717, 1.165) is 0 Å². The molecule has 1 nitrogen and oxygen atoms in total. The second-order valence-corrected chi connectivity index (χ2v) is 4.54. The van der Waals surface area contributed by atoms with Crippen LogP contribution in [0.5, 0.6) is 0 Å². The fourth-order valence-corrected chi connectivity index (χ4v) is 2.02. The lowest BCUT2D eigenvalue weighted by atomic mass is 10.0. The van der Waals surface area contributed by atoms with Crippen molar-refractivity contribution in [1.29, 1.82) is 0 Å². The van der Waals surface area contributed by atoms with Gasteiger partial charge in [0.2, 0.25) is 0 Å². The molecule has 0 fully saturated rings. The Labute approximate surface area is 100 Å². The van der Waals surface area contributed by atoms with Crippen LogP contribution in [0.2, 0.25) is 0 Å². The number of unbranched alkanes of at least 4 members (excludes halogenated alkanes) is 5. The van der Waals surface area contributed by atoms with Gasteiger partial charge in [0.05, 0.1) is 0 Å². The normalized spacial score (nSPS) is 10.6. The molecule has 0 aliphatic rings. The third-order valence-corrected chi connectivity index (χ3v) is 3.05. The van der Waals surface area contributed by atoms with Gasteiger partial charge in [0.15, 0.2) is 0 Å². The van der Waals surface area contributed by atoms with Crippen molar-refractivity contribution in [3.8, 4) is 0 Å². The molecule has 1 aromatic rings. The summed E-state index contributed by atoms with van der Waals surface area (Å²) in [6.45, 7) is 2.92. The van der Waals surface area contributed by atoms with Gasteiger partial charge >= 0.3 is 0 Å². The Hall–Kier alpha value is -0.820. The molecule has 0 atom stereocenters. The van der Waals surface area contributed by atoms with Crippen molar-refractivity contribution in [3.05, 3.63) is 35.4 Å². The lowest BCUT2D eigenvalue weighted by molar-refractivity contribution is 0.607. The Morgan fingerprint density at radius 1 is 0.938 bits per heavy atom. The summed E-state index contributed by atoms with van der Waals surface area (Å²) in [5.41, 5.74) is 8.32. The van der Waals surface area contributed by atoms with Crippen LogP contribution in [0.25, 0.3) is 0 Å². The predicted octanol–water partition coefficient (Wildman–Crippen LogP) is 4.05. The Balaban J connectivity index is 2.16. The van der Waals surface area contributed by atoms with Crippen molar-refractivity contribution < 1.29 is 0 Å². The Morgan fingerprint density at radius 2 is 1.62 bits per heavy atom. The van der Waals surface area contributed by atoms with Gasteiger partial charge in [-0.15, -0.1) is 0 Å². The number of hydrogen-bond acceptors (Lipinski definition) is 1. The van der Waals surface area contributed by atoms with Crippen LogP contribution < -0.4 is 5.73 Å². The first kappa shape index (κ1) is 13.2. The topological polar surface area (TPSA) is 26.0 Å². The summed E-state index contributed by atoms with van der Waals surface area (Å²) in [4.78, 5) is 0. The minimum atomic E-state index is 0.657. The van der Waals surface area contributed by atoms with Gasteiger partial charge in [0.25, 0.3) is 0 Å².